The monoisotopic (exact) mass is 345 g/mol. The lowest BCUT2D eigenvalue weighted by atomic mass is 10.1. The summed E-state index contributed by atoms with van der Waals surface area (Å²) in [5.74, 6) is 2.34. The van der Waals surface area contributed by atoms with Crippen LogP contribution in [0.5, 0.6) is 11.5 Å². The van der Waals surface area contributed by atoms with Crippen LogP contribution in [0, 0.1) is 0 Å². The fourth-order valence-electron chi connectivity index (χ4n) is 2.36. The van der Waals surface area contributed by atoms with Crippen LogP contribution in [0.3, 0.4) is 0 Å². The highest BCUT2D eigenvalue weighted by atomic mass is 16.5. The van der Waals surface area contributed by atoms with Crippen molar-refractivity contribution in [3.05, 3.63) is 41.7 Å². The summed E-state index contributed by atoms with van der Waals surface area (Å²) in [6.07, 6.45) is 2.59. The molecule has 7 heteroatoms. The molecule has 25 heavy (non-hydrogen) atoms. The highest BCUT2D eigenvalue weighted by Gasteiger charge is 2.06. The minimum atomic E-state index is 0.617. The number of nitrogens with zero attached hydrogens (tertiary/aromatic N) is 2. The lowest BCUT2D eigenvalue weighted by Gasteiger charge is -2.14. The van der Waals surface area contributed by atoms with Crippen molar-refractivity contribution in [1.29, 1.82) is 0 Å². The van der Waals surface area contributed by atoms with Crippen LogP contribution in [0.15, 0.2) is 35.5 Å². The van der Waals surface area contributed by atoms with Gasteiger partial charge in [0.05, 0.1) is 25.5 Å². The second kappa shape index (κ2) is 10.2. The van der Waals surface area contributed by atoms with E-state index in [1.807, 2.05) is 32.0 Å². The van der Waals surface area contributed by atoms with Crippen LogP contribution in [-0.2, 0) is 13.0 Å². The van der Waals surface area contributed by atoms with Gasteiger partial charge in [-0.15, -0.1) is 0 Å². The maximum Gasteiger partial charge on any atom is 0.191 e. The average molecular weight is 345 g/mol. The van der Waals surface area contributed by atoms with Crippen LogP contribution in [0.1, 0.15) is 25.1 Å². The third kappa shape index (κ3) is 6.02. The first-order valence-corrected chi connectivity index (χ1v) is 8.58. The molecule has 2 aromatic rings. The Bertz CT molecular complexity index is 655. The van der Waals surface area contributed by atoms with E-state index in [2.05, 4.69) is 31.9 Å². The topological polar surface area (TPSA) is 83.6 Å². The first kappa shape index (κ1) is 18.6. The summed E-state index contributed by atoms with van der Waals surface area (Å²) < 4.78 is 11.3. The summed E-state index contributed by atoms with van der Waals surface area (Å²) in [4.78, 5) is 4.22. The predicted molar refractivity (Wildman–Crippen MR) is 99.3 cm³/mol. The fraction of sp³-hybridized carbons (Fsp3) is 0.444. The van der Waals surface area contributed by atoms with Crippen molar-refractivity contribution < 1.29 is 9.47 Å². The van der Waals surface area contributed by atoms with Crippen LogP contribution >= 0.6 is 0 Å². The molecule has 0 unspecified atom stereocenters. The minimum absolute atomic E-state index is 0.617. The van der Waals surface area contributed by atoms with E-state index in [0.29, 0.717) is 19.8 Å². The number of H-pyrrole nitrogens is 1. The Labute approximate surface area is 148 Å². The number of hydrogen-bond acceptors (Lipinski definition) is 4. The molecule has 136 valence electrons. The number of aliphatic imine (C=N–C) groups is 1. The zero-order valence-corrected chi connectivity index (χ0v) is 15.1. The van der Waals surface area contributed by atoms with Crippen LogP contribution in [0.25, 0.3) is 0 Å². The van der Waals surface area contributed by atoms with Crippen molar-refractivity contribution in [2.24, 2.45) is 4.99 Å². The molecule has 0 saturated heterocycles. The summed E-state index contributed by atoms with van der Waals surface area (Å²) in [6, 6.07) is 8.00. The molecule has 0 bridgehead atoms. The first-order valence-electron chi connectivity index (χ1n) is 8.58. The van der Waals surface area contributed by atoms with Crippen molar-refractivity contribution in [2.45, 2.75) is 26.8 Å². The molecule has 0 spiro atoms. The highest BCUT2D eigenvalue weighted by molar-refractivity contribution is 5.79. The molecule has 7 nitrogen and oxygen atoms in total. The number of guanidine groups is 1. The van der Waals surface area contributed by atoms with Crippen molar-refractivity contribution in [1.82, 2.24) is 20.8 Å². The van der Waals surface area contributed by atoms with Gasteiger partial charge in [0, 0.05) is 19.8 Å². The van der Waals surface area contributed by atoms with Crippen molar-refractivity contribution in [3.8, 4) is 11.5 Å². The Morgan fingerprint density at radius 1 is 1.12 bits per heavy atom. The summed E-state index contributed by atoms with van der Waals surface area (Å²) in [5, 5.41) is 13.4. The van der Waals surface area contributed by atoms with E-state index in [4.69, 9.17) is 9.47 Å². The molecule has 0 atom stereocenters. The van der Waals surface area contributed by atoms with E-state index in [9.17, 15) is 0 Å². The van der Waals surface area contributed by atoms with Gasteiger partial charge in [0.25, 0.3) is 0 Å². The molecule has 1 heterocycles. The van der Waals surface area contributed by atoms with Gasteiger partial charge in [-0.1, -0.05) is 6.07 Å². The maximum atomic E-state index is 5.67. The standard InChI is InChI=1S/C18H27N5O2/c1-4-24-16-7-6-14(12-17(16)25-5-2)8-10-20-18(19-3)21-13-15-9-11-22-23-15/h6-7,9,11-12H,4-5,8,10,13H2,1-3H3,(H,22,23)(H2,19,20,21). The molecule has 0 fully saturated rings. The fourth-order valence-corrected chi connectivity index (χ4v) is 2.36. The summed E-state index contributed by atoms with van der Waals surface area (Å²) >= 11 is 0. The highest BCUT2D eigenvalue weighted by Crippen LogP contribution is 2.28. The van der Waals surface area contributed by atoms with Gasteiger partial charge in [-0.25, -0.2) is 0 Å². The van der Waals surface area contributed by atoms with Gasteiger partial charge in [0.15, 0.2) is 17.5 Å². The van der Waals surface area contributed by atoms with E-state index in [0.717, 1.165) is 36.1 Å². The number of ether oxygens (including phenoxy) is 2. The van der Waals surface area contributed by atoms with E-state index >= 15 is 0 Å². The molecule has 0 saturated carbocycles. The molecule has 0 aliphatic carbocycles. The molecule has 2 rings (SSSR count). The van der Waals surface area contributed by atoms with Gasteiger partial charge in [0.1, 0.15) is 0 Å². The zero-order valence-electron chi connectivity index (χ0n) is 15.1. The van der Waals surface area contributed by atoms with E-state index < -0.39 is 0 Å². The van der Waals surface area contributed by atoms with E-state index in [1.54, 1.807) is 13.2 Å². The van der Waals surface area contributed by atoms with Crippen molar-refractivity contribution in [3.63, 3.8) is 0 Å². The molecule has 0 amide bonds. The SMILES string of the molecule is CCOc1ccc(CCNC(=NC)NCc2ccn[nH]2)cc1OCC. The van der Waals surface area contributed by atoms with Gasteiger partial charge < -0.3 is 20.1 Å². The minimum Gasteiger partial charge on any atom is -0.490 e. The van der Waals surface area contributed by atoms with Gasteiger partial charge in [-0.05, 0) is 44.0 Å². The lowest BCUT2D eigenvalue weighted by Crippen LogP contribution is -2.37. The Kier molecular flexibility index (Phi) is 7.62. The molecule has 0 aliphatic heterocycles. The Morgan fingerprint density at radius 3 is 2.60 bits per heavy atom. The van der Waals surface area contributed by atoms with Crippen LogP contribution in [0.4, 0.5) is 0 Å². The number of benzene rings is 1. The predicted octanol–water partition coefficient (Wildman–Crippen LogP) is 2.11. The van der Waals surface area contributed by atoms with E-state index in [1.165, 1.54) is 5.56 Å². The third-order valence-corrected chi connectivity index (χ3v) is 3.54. The van der Waals surface area contributed by atoms with Crippen molar-refractivity contribution >= 4 is 5.96 Å². The van der Waals surface area contributed by atoms with Gasteiger partial charge >= 0.3 is 0 Å². The van der Waals surface area contributed by atoms with Crippen LogP contribution in [0.2, 0.25) is 0 Å². The molecule has 3 N–H and O–H groups in total. The smallest absolute Gasteiger partial charge is 0.191 e. The lowest BCUT2D eigenvalue weighted by molar-refractivity contribution is 0.287. The van der Waals surface area contributed by atoms with Gasteiger partial charge in [-0.3, -0.25) is 10.1 Å². The largest absolute Gasteiger partial charge is 0.490 e. The quantitative estimate of drug-likeness (QED) is 0.479. The van der Waals surface area contributed by atoms with Crippen LogP contribution < -0.4 is 20.1 Å². The Hall–Kier alpha value is -2.70. The molecule has 0 radical (unpaired) electrons. The first-order chi connectivity index (χ1) is 12.3. The van der Waals surface area contributed by atoms with Crippen LogP contribution in [-0.4, -0.2) is 43.0 Å². The van der Waals surface area contributed by atoms with Gasteiger partial charge in [0.2, 0.25) is 0 Å². The number of aromatic nitrogens is 2. The summed E-state index contributed by atoms with van der Waals surface area (Å²) in [6.45, 7) is 6.60. The second-order valence-corrected chi connectivity index (χ2v) is 5.33. The molecule has 0 aliphatic rings. The molecular weight excluding hydrogens is 318 g/mol. The van der Waals surface area contributed by atoms with Crippen molar-refractivity contribution in [2.75, 3.05) is 26.8 Å². The average Bonchev–Trinajstić information content (AvgIpc) is 3.14. The Balaban J connectivity index is 1.84. The molecular formula is C18H27N5O2. The normalized spacial score (nSPS) is 11.2. The number of rotatable bonds is 9. The van der Waals surface area contributed by atoms with Gasteiger partial charge in [-0.2, -0.15) is 5.10 Å². The maximum absolute atomic E-state index is 5.67. The zero-order chi connectivity index (χ0) is 17.9. The number of nitrogens with one attached hydrogen (secondary N) is 3. The number of aromatic amines is 1. The molecule has 1 aromatic carbocycles. The van der Waals surface area contributed by atoms with E-state index in [-0.39, 0.29) is 0 Å². The molecule has 1 aromatic heterocycles. The summed E-state index contributed by atoms with van der Waals surface area (Å²) in [5.41, 5.74) is 2.19. The third-order valence-electron chi connectivity index (χ3n) is 3.54. The second-order valence-electron chi connectivity index (χ2n) is 5.33. The summed E-state index contributed by atoms with van der Waals surface area (Å²) in [7, 11) is 1.76. The number of hydrogen-bond donors (Lipinski definition) is 3. The Morgan fingerprint density at radius 2 is 1.92 bits per heavy atom.